The van der Waals surface area contributed by atoms with Crippen molar-refractivity contribution < 1.29 is 17.2 Å². The summed E-state index contributed by atoms with van der Waals surface area (Å²) in [4.78, 5) is 32.1. The third-order valence-electron chi connectivity index (χ3n) is 0.980. The molecule has 0 aliphatic carbocycles. The van der Waals surface area contributed by atoms with Gasteiger partial charge in [-0.05, 0) is 0 Å². The second-order valence-corrected chi connectivity index (χ2v) is 9.42. The molecule has 12 heavy (non-hydrogen) atoms. The van der Waals surface area contributed by atoms with Crippen LogP contribution < -0.4 is 0 Å². The van der Waals surface area contributed by atoms with Gasteiger partial charge in [-0.25, -0.2) is 0 Å². The summed E-state index contributed by atoms with van der Waals surface area (Å²) in [5, 5.41) is 0. The quantitative estimate of drug-likeness (QED) is 0.547. The maximum absolute atomic E-state index is 10.8. The number of carbonyl (C=O) groups excluding carboxylic acids is 3. The predicted molar refractivity (Wildman–Crippen MR) is 43.9 cm³/mol. The zero-order chi connectivity index (χ0) is 9.72. The van der Waals surface area contributed by atoms with Crippen LogP contribution in [0.5, 0.6) is 0 Å². The zero-order valence-electron chi connectivity index (χ0n) is 7.42. The van der Waals surface area contributed by atoms with E-state index >= 15 is 0 Å². The number of hydrogen-bond donors (Lipinski definition) is 0. The van der Waals surface area contributed by atoms with Crippen LogP contribution in [-0.2, 0) is 17.2 Å². The van der Waals surface area contributed by atoms with Crippen LogP contribution in [0.1, 0.15) is 13.3 Å². The summed E-state index contributed by atoms with van der Waals surface area (Å²) < 4.78 is 8.48. The van der Waals surface area contributed by atoms with E-state index in [4.69, 9.17) is 2.85 Å². The molecule has 0 radical (unpaired) electrons. The molecular weight excluding hydrogens is 263 g/mol. The van der Waals surface area contributed by atoms with Crippen molar-refractivity contribution in [2.75, 3.05) is 0 Å². The van der Waals surface area contributed by atoms with Crippen molar-refractivity contribution in [1.82, 2.24) is 0 Å². The molecule has 0 N–H and O–H groups in total. The molecule has 0 rings (SSSR count). The second-order valence-electron chi connectivity index (χ2n) is 2.76. The second kappa shape index (κ2) is 5.35. The van der Waals surface area contributed by atoms with Crippen molar-refractivity contribution in [2.45, 2.75) is 22.7 Å². The molecule has 0 amide bonds. The van der Waals surface area contributed by atoms with E-state index in [2.05, 4.69) is 0 Å². The van der Waals surface area contributed by atoms with Gasteiger partial charge in [-0.1, -0.05) is 0 Å². The van der Waals surface area contributed by atoms with Crippen LogP contribution in [0.2, 0.25) is 9.36 Å². The molecule has 0 unspecified atom stereocenters. The fourth-order valence-electron chi connectivity index (χ4n) is 0.578. The van der Waals surface area contributed by atoms with E-state index in [0.717, 1.165) is 0 Å². The van der Waals surface area contributed by atoms with Gasteiger partial charge in [0.2, 0.25) is 0 Å². The van der Waals surface area contributed by atoms with Gasteiger partial charge < -0.3 is 0 Å². The molecule has 4 nitrogen and oxygen atoms in total. The predicted octanol–water partition coefficient (Wildman–Crippen LogP) is 0.329. The average molecular weight is 274 g/mol. The topological polar surface area (TPSA) is 60.4 Å². The first-order valence-electron chi connectivity index (χ1n) is 3.66. The molecule has 66 valence electrons. The van der Waals surface area contributed by atoms with Gasteiger partial charge in [-0.2, -0.15) is 0 Å². The van der Waals surface area contributed by atoms with Crippen LogP contribution in [-0.4, -0.2) is 39.4 Å². The van der Waals surface area contributed by atoms with E-state index in [1.807, 2.05) is 9.36 Å². The van der Waals surface area contributed by atoms with Crippen LogP contribution in [0.25, 0.3) is 0 Å². The standard InChI is InChI=1S/C5H6O4.2CH3.In/c1-3(6)2-4(7)5(8)9;;;/h2H2,1H3,(H,8,9);2*1H3;/q;;;+1/p-1. The third kappa shape index (κ3) is 5.35. The van der Waals surface area contributed by atoms with Crippen LogP contribution in [0.15, 0.2) is 0 Å². The summed E-state index contributed by atoms with van der Waals surface area (Å²) in [5.41, 5.74) is 0. The fourth-order valence-corrected chi connectivity index (χ4v) is 2.18. The first-order chi connectivity index (χ1) is 5.43. The van der Waals surface area contributed by atoms with E-state index in [1.165, 1.54) is 6.92 Å². The molecule has 0 aliphatic rings. The van der Waals surface area contributed by atoms with E-state index in [-0.39, 0.29) is 12.2 Å². The van der Waals surface area contributed by atoms with Gasteiger partial charge >= 0.3 is 79.4 Å². The summed E-state index contributed by atoms with van der Waals surface area (Å²) >= 11 is -2.12. The SMILES string of the molecule is CC(=O)CC(=O)C(=O)[O][In]([CH3])[CH3]. The minimum absolute atomic E-state index is 0.309. The number of carbonyl (C=O) groups is 3. The molecule has 0 saturated heterocycles. The molecule has 0 saturated carbocycles. The molecule has 0 aromatic carbocycles. The van der Waals surface area contributed by atoms with Crippen molar-refractivity contribution in [3.8, 4) is 0 Å². The zero-order valence-corrected chi connectivity index (χ0v) is 10.7. The molecule has 0 spiro atoms. The third-order valence-corrected chi connectivity index (χ3v) is 2.94. The average Bonchev–Trinajstić information content (AvgIpc) is 1.84. The Hall–Kier alpha value is -0.320. The summed E-state index contributed by atoms with van der Waals surface area (Å²) in [6, 6.07) is 0. The Balaban J connectivity index is 3.94. The minimum atomic E-state index is -2.12. The van der Waals surface area contributed by atoms with Gasteiger partial charge in [0.25, 0.3) is 0 Å². The van der Waals surface area contributed by atoms with E-state index in [1.54, 1.807) is 0 Å². The number of Topliss-reactive ketones (excluding diaryl/α,β-unsaturated/α-hetero) is 2. The van der Waals surface area contributed by atoms with Gasteiger partial charge in [0.1, 0.15) is 0 Å². The van der Waals surface area contributed by atoms with Crippen LogP contribution >= 0.6 is 0 Å². The van der Waals surface area contributed by atoms with E-state index in [0.29, 0.717) is 0 Å². The molecular formula is C7H11InO4. The number of hydrogen-bond acceptors (Lipinski definition) is 4. The normalized spacial score (nSPS) is 8.92. The Morgan fingerprint density at radius 1 is 1.25 bits per heavy atom. The molecule has 0 fully saturated rings. The van der Waals surface area contributed by atoms with Crippen molar-refractivity contribution in [3.63, 3.8) is 0 Å². The van der Waals surface area contributed by atoms with E-state index < -0.39 is 33.6 Å². The van der Waals surface area contributed by atoms with Crippen molar-refractivity contribution in [1.29, 1.82) is 0 Å². The molecule has 0 aromatic heterocycles. The Morgan fingerprint density at radius 3 is 2.08 bits per heavy atom. The summed E-state index contributed by atoms with van der Waals surface area (Å²) in [6.07, 6.45) is -0.336. The number of rotatable bonds is 4. The molecule has 0 aliphatic heterocycles. The Bertz CT molecular complexity index is 209. The Kier molecular flexibility index (Phi) is 5.21. The van der Waals surface area contributed by atoms with Crippen LogP contribution in [0, 0.1) is 0 Å². The summed E-state index contributed by atoms with van der Waals surface area (Å²) in [5.74, 6) is -1.88. The summed E-state index contributed by atoms with van der Waals surface area (Å²) in [6.45, 7) is 1.27. The maximum atomic E-state index is 10.8. The first-order valence-corrected chi connectivity index (χ1v) is 11.6. The number of ketones is 2. The van der Waals surface area contributed by atoms with Crippen LogP contribution in [0.3, 0.4) is 0 Å². The summed E-state index contributed by atoms with van der Waals surface area (Å²) in [7, 11) is 0. The van der Waals surface area contributed by atoms with Crippen molar-refractivity contribution in [3.05, 3.63) is 0 Å². The monoisotopic (exact) mass is 274 g/mol. The first kappa shape index (κ1) is 11.7. The Labute approximate surface area is 79.4 Å². The molecule has 0 aromatic rings. The Morgan fingerprint density at radius 2 is 1.75 bits per heavy atom. The van der Waals surface area contributed by atoms with E-state index in [9.17, 15) is 14.4 Å². The van der Waals surface area contributed by atoms with Gasteiger partial charge in [-0.3, -0.25) is 0 Å². The van der Waals surface area contributed by atoms with Crippen molar-refractivity contribution >= 4 is 39.4 Å². The molecule has 0 heterocycles. The molecule has 0 bridgehead atoms. The van der Waals surface area contributed by atoms with Gasteiger partial charge in [0.15, 0.2) is 0 Å². The molecule has 0 atom stereocenters. The molecule has 5 heteroatoms. The van der Waals surface area contributed by atoms with Crippen LogP contribution in [0.4, 0.5) is 0 Å². The van der Waals surface area contributed by atoms with Gasteiger partial charge in [0, 0.05) is 0 Å². The van der Waals surface area contributed by atoms with Gasteiger partial charge in [-0.15, -0.1) is 0 Å². The van der Waals surface area contributed by atoms with Gasteiger partial charge in [0.05, 0.1) is 0 Å². The van der Waals surface area contributed by atoms with Crippen molar-refractivity contribution in [2.24, 2.45) is 0 Å². The fraction of sp³-hybridized carbons (Fsp3) is 0.571.